The zero-order valence-electron chi connectivity index (χ0n) is 22.5. The van der Waals surface area contributed by atoms with E-state index < -0.39 is 17.6 Å². The second-order valence-electron chi connectivity index (χ2n) is 10.3. The highest BCUT2D eigenvalue weighted by Gasteiger charge is 2.31. The minimum atomic E-state index is -1.03. The molecule has 3 heterocycles. The number of fused-ring (bicyclic) bond motifs is 1. The molecule has 11 heteroatoms. The molecule has 208 valence electrons. The Morgan fingerprint density at radius 2 is 1.90 bits per heavy atom. The molecular weight excluding hydrogens is 537 g/mol. The summed E-state index contributed by atoms with van der Waals surface area (Å²) in [6.07, 6.45) is -1.03. The van der Waals surface area contributed by atoms with Gasteiger partial charge in [-0.05, 0) is 55.2 Å². The van der Waals surface area contributed by atoms with Crippen molar-refractivity contribution in [3.63, 3.8) is 0 Å². The van der Waals surface area contributed by atoms with Crippen LogP contribution in [0.1, 0.15) is 37.8 Å². The number of halogens is 2. The average Bonchev–Trinajstić information content (AvgIpc) is 2.90. The number of carbonyl (C=O) groups is 1. The Morgan fingerprint density at radius 3 is 2.58 bits per heavy atom. The van der Waals surface area contributed by atoms with Crippen molar-refractivity contribution in [2.75, 3.05) is 24.5 Å². The maximum Gasteiger partial charge on any atom is 0.407 e. The molecule has 1 saturated heterocycles. The van der Waals surface area contributed by atoms with Gasteiger partial charge >= 0.3 is 11.8 Å². The van der Waals surface area contributed by atoms with Crippen molar-refractivity contribution in [2.24, 2.45) is 0 Å². The quantitative estimate of drug-likeness (QED) is 0.333. The van der Waals surface area contributed by atoms with Gasteiger partial charge < -0.3 is 20.0 Å². The van der Waals surface area contributed by atoms with Crippen molar-refractivity contribution >= 4 is 34.5 Å². The Bertz CT molecular complexity index is 1710. The fraction of sp³-hybridized carbons (Fsp3) is 0.310. The molecule has 1 atom stereocenters. The molecule has 1 unspecified atom stereocenters. The number of nitrogens with zero attached hydrogens (tertiary/aromatic N) is 5. The highest BCUT2D eigenvalue weighted by molar-refractivity contribution is 6.31. The lowest BCUT2D eigenvalue weighted by atomic mass is 9.98. The predicted octanol–water partition coefficient (Wildman–Crippen LogP) is 5.57. The largest absolute Gasteiger partial charge is 0.507 e. The third kappa shape index (κ3) is 4.72. The van der Waals surface area contributed by atoms with Crippen LogP contribution >= 0.6 is 11.6 Å². The zero-order valence-corrected chi connectivity index (χ0v) is 23.3. The second kappa shape index (κ2) is 10.4. The van der Waals surface area contributed by atoms with Gasteiger partial charge in [-0.2, -0.15) is 4.98 Å². The van der Waals surface area contributed by atoms with E-state index in [0.717, 1.165) is 11.1 Å². The number of carboxylic acid groups (broad SMARTS) is 1. The molecule has 2 aromatic heterocycles. The lowest BCUT2D eigenvalue weighted by Gasteiger charge is -2.39. The normalized spacial score (nSPS) is 15.7. The third-order valence-electron chi connectivity index (χ3n) is 7.30. The molecule has 40 heavy (non-hydrogen) atoms. The van der Waals surface area contributed by atoms with Crippen molar-refractivity contribution in [2.45, 2.75) is 39.7 Å². The van der Waals surface area contributed by atoms with Crippen molar-refractivity contribution in [1.29, 1.82) is 0 Å². The Hall–Kier alpha value is -4.18. The van der Waals surface area contributed by atoms with Crippen LogP contribution in [0, 0.1) is 12.7 Å². The molecule has 4 aromatic rings. The number of piperazine rings is 1. The van der Waals surface area contributed by atoms with Crippen LogP contribution < -0.4 is 10.6 Å². The molecular formula is C29H29ClFN5O4. The Balaban J connectivity index is 1.85. The molecule has 1 amide bonds. The first-order chi connectivity index (χ1) is 19.0. The number of aromatic hydroxyl groups is 1. The van der Waals surface area contributed by atoms with E-state index in [2.05, 4.69) is 9.97 Å². The lowest BCUT2D eigenvalue weighted by molar-refractivity contribution is 0.136. The molecule has 0 saturated carbocycles. The van der Waals surface area contributed by atoms with Crippen LogP contribution in [0.5, 0.6) is 5.75 Å². The van der Waals surface area contributed by atoms with Crippen molar-refractivity contribution in [3.05, 3.63) is 74.9 Å². The minimum Gasteiger partial charge on any atom is -0.507 e. The predicted molar refractivity (Wildman–Crippen MR) is 152 cm³/mol. The molecule has 1 aliphatic heterocycles. The summed E-state index contributed by atoms with van der Waals surface area (Å²) in [7, 11) is 0. The van der Waals surface area contributed by atoms with Crippen molar-refractivity contribution in [3.8, 4) is 22.7 Å². The van der Waals surface area contributed by atoms with E-state index in [1.165, 1.54) is 33.7 Å². The molecule has 1 fully saturated rings. The Morgan fingerprint density at radius 1 is 1.15 bits per heavy atom. The van der Waals surface area contributed by atoms with Crippen LogP contribution in [0.25, 0.3) is 28.0 Å². The number of rotatable bonds is 4. The number of aromatic nitrogens is 3. The lowest BCUT2D eigenvalue weighted by Crippen LogP contribution is -2.54. The standard InChI is InChI=1S/C29H29ClFN5O4/c1-15(2)19-7-5-6-16(3)25(19)36-27-21(13-22(31)24(32-27)20-12-18(30)8-9-23(20)37)26(33-28(36)38)35-11-10-34(29(39)40)14-17(35)4/h5-9,12-13,15,17,37H,10-11,14H2,1-4H3,(H,39,40). The fourth-order valence-electron chi connectivity index (χ4n) is 5.31. The van der Waals surface area contributed by atoms with Crippen LogP contribution in [0.15, 0.2) is 47.3 Å². The smallest absolute Gasteiger partial charge is 0.407 e. The van der Waals surface area contributed by atoms with E-state index >= 15 is 4.39 Å². The molecule has 5 rings (SSSR count). The first kappa shape index (κ1) is 27.4. The zero-order chi connectivity index (χ0) is 28.9. The first-order valence-electron chi connectivity index (χ1n) is 12.9. The van der Waals surface area contributed by atoms with Gasteiger partial charge in [0, 0.05) is 36.3 Å². The number of hydrogen-bond acceptors (Lipinski definition) is 6. The Labute approximate surface area is 235 Å². The molecule has 0 spiro atoms. The molecule has 9 nitrogen and oxygen atoms in total. The fourth-order valence-corrected chi connectivity index (χ4v) is 5.48. The van der Waals surface area contributed by atoms with Crippen LogP contribution in [0.3, 0.4) is 0 Å². The molecule has 0 aliphatic carbocycles. The molecule has 2 N–H and O–H groups in total. The van der Waals surface area contributed by atoms with E-state index in [1.54, 1.807) is 0 Å². The Kier molecular flexibility index (Phi) is 7.14. The van der Waals surface area contributed by atoms with Crippen LogP contribution in [0.4, 0.5) is 15.0 Å². The van der Waals surface area contributed by atoms with Gasteiger partial charge in [0.25, 0.3) is 0 Å². The molecule has 0 bridgehead atoms. The number of hydrogen-bond donors (Lipinski definition) is 2. The van der Waals surface area contributed by atoms with Crippen LogP contribution in [0.2, 0.25) is 5.02 Å². The van der Waals surface area contributed by atoms with Gasteiger partial charge in [-0.15, -0.1) is 0 Å². The van der Waals surface area contributed by atoms with Gasteiger partial charge in [-0.1, -0.05) is 43.6 Å². The number of anilines is 1. The number of phenolic OH excluding ortho intramolecular Hbond substituents is 1. The van der Waals surface area contributed by atoms with Crippen LogP contribution in [-0.4, -0.2) is 61.4 Å². The van der Waals surface area contributed by atoms with Crippen molar-refractivity contribution in [1.82, 2.24) is 19.4 Å². The maximum absolute atomic E-state index is 15.8. The molecule has 0 radical (unpaired) electrons. The second-order valence-corrected chi connectivity index (χ2v) is 10.8. The third-order valence-corrected chi connectivity index (χ3v) is 7.53. The number of pyridine rings is 1. The van der Waals surface area contributed by atoms with Gasteiger partial charge in [0.2, 0.25) is 0 Å². The van der Waals surface area contributed by atoms with E-state index in [9.17, 15) is 19.8 Å². The summed E-state index contributed by atoms with van der Waals surface area (Å²) in [5, 5.41) is 20.6. The monoisotopic (exact) mass is 565 g/mol. The van der Waals surface area contributed by atoms with E-state index in [1.807, 2.05) is 50.8 Å². The minimum absolute atomic E-state index is 0.0533. The van der Waals surface area contributed by atoms with Gasteiger partial charge in [0.15, 0.2) is 11.5 Å². The SMILES string of the molecule is Cc1cccc(C(C)C)c1-n1c(=O)nc(N2CCN(C(=O)O)CC2C)c2cc(F)c(-c3cc(Cl)ccc3O)nc21. The number of benzene rings is 2. The van der Waals surface area contributed by atoms with Crippen molar-refractivity contribution < 1.29 is 19.4 Å². The summed E-state index contributed by atoms with van der Waals surface area (Å²) in [6.45, 7) is 8.40. The molecule has 1 aliphatic rings. The maximum atomic E-state index is 15.8. The summed E-state index contributed by atoms with van der Waals surface area (Å²) >= 11 is 6.16. The topological polar surface area (TPSA) is 112 Å². The summed E-state index contributed by atoms with van der Waals surface area (Å²) < 4.78 is 17.2. The first-order valence-corrected chi connectivity index (χ1v) is 13.3. The van der Waals surface area contributed by atoms with Gasteiger partial charge in [-0.25, -0.2) is 23.5 Å². The highest BCUT2D eigenvalue weighted by atomic mass is 35.5. The number of amides is 1. The summed E-state index contributed by atoms with van der Waals surface area (Å²) in [5.74, 6) is -0.668. The average molecular weight is 566 g/mol. The number of phenols is 1. The van der Waals surface area contributed by atoms with Gasteiger partial charge in [0.05, 0.1) is 11.1 Å². The number of aryl methyl sites for hydroxylation is 1. The van der Waals surface area contributed by atoms with Gasteiger partial charge in [0.1, 0.15) is 17.3 Å². The molecule has 2 aromatic carbocycles. The highest BCUT2D eigenvalue weighted by Crippen LogP contribution is 2.37. The summed E-state index contributed by atoms with van der Waals surface area (Å²) in [6, 6.07) is 10.9. The van der Waals surface area contributed by atoms with E-state index in [4.69, 9.17) is 11.6 Å². The summed E-state index contributed by atoms with van der Waals surface area (Å²) in [5.41, 5.74) is 1.78. The van der Waals surface area contributed by atoms with Gasteiger partial charge in [-0.3, -0.25) is 0 Å². The van der Waals surface area contributed by atoms with Crippen LogP contribution in [-0.2, 0) is 0 Å². The van der Waals surface area contributed by atoms with E-state index in [-0.39, 0.29) is 70.5 Å². The summed E-state index contributed by atoms with van der Waals surface area (Å²) in [4.78, 5) is 37.6. The number of para-hydroxylation sites is 1. The van der Waals surface area contributed by atoms with E-state index in [0.29, 0.717) is 5.69 Å².